The van der Waals surface area contributed by atoms with Crippen LogP contribution in [0, 0.1) is 13.8 Å². The van der Waals surface area contributed by atoms with E-state index < -0.39 is 0 Å². The lowest BCUT2D eigenvalue weighted by atomic mass is 10.3. The van der Waals surface area contributed by atoms with E-state index in [0.29, 0.717) is 5.69 Å². The zero-order chi connectivity index (χ0) is 14.0. The molecule has 0 saturated carbocycles. The van der Waals surface area contributed by atoms with Gasteiger partial charge >= 0.3 is 0 Å². The van der Waals surface area contributed by atoms with Crippen LogP contribution in [0.5, 0.6) is 0 Å². The normalized spacial score (nSPS) is 10.7. The first-order valence-electron chi connectivity index (χ1n) is 6.36. The number of carbonyl (C=O) groups is 1. The van der Waals surface area contributed by atoms with Crippen molar-refractivity contribution in [3.63, 3.8) is 0 Å². The summed E-state index contributed by atoms with van der Waals surface area (Å²) in [5.74, 6) is -0.165. The lowest BCUT2D eigenvalue weighted by Gasteiger charge is -2.06. The molecule has 0 bridgehead atoms. The highest BCUT2D eigenvalue weighted by atomic mass is 16.2. The Morgan fingerprint density at radius 1 is 1.42 bits per heavy atom. The molecule has 2 aromatic heterocycles. The molecule has 0 atom stereocenters. The summed E-state index contributed by atoms with van der Waals surface area (Å²) in [4.78, 5) is 16.1. The molecule has 19 heavy (non-hydrogen) atoms. The lowest BCUT2D eigenvalue weighted by Crippen LogP contribution is -2.16. The summed E-state index contributed by atoms with van der Waals surface area (Å²) in [5.41, 5.74) is 3.14. The first-order valence-corrected chi connectivity index (χ1v) is 6.36. The second-order valence-electron chi connectivity index (χ2n) is 4.61. The SMILES string of the molecule is CCCn1nc(C)c(NC(=O)c2cncn2C)c1C. The molecular formula is C13H19N5O. The standard InChI is InChI=1S/C13H19N5O/c1-5-6-18-10(3)12(9(2)16-18)15-13(19)11-7-14-8-17(11)4/h7-8H,5-6H2,1-4H3,(H,15,19). The van der Waals surface area contributed by atoms with Crippen LogP contribution in [0.3, 0.4) is 0 Å². The Morgan fingerprint density at radius 3 is 2.74 bits per heavy atom. The largest absolute Gasteiger partial charge is 0.330 e. The highest BCUT2D eigenvalue weighted by Gasteiger charge is 2.16. The predicted molar refractivity (Wildman–Crippen MR) is 73.2 cm³/mol. The Labute approximate surface area is 112 Å². The number of carbonyl (C=O) groups excluding carboxylic acids is 1. The van der Waals surface area contributed by atoms with Gasteiger partial charge in [-0.2, -0.15) is 5.10 Å². The minimum Gasteiger partial charge on any atom is -0.330 e. The van der Waals surface area contributed by atoms with Gasteiger partial charge in [0.15, 0.2) is 0 Å². The summed E-state index contributed by atoms with van der Waals surface area (Å²) >= 11 is 0. The molecule has 6 nitrogen and oxygen atoms in total. The smallest absolute Gasteiger partial charge is 0.274 e. The van der Waals surface area contributed by atoms with Gasteiger partial charge in [0.05, 0.1) is 29.6 Å². The van der Waals surface area contributed by atoms with Crippen LogP contribution in [-0.4, -0.2) is 25.2 Å². The first-order chi connectivity index (χ1) is 9.04. The maximum absolute atomic E-state index is 12.2. The van der Waals surface area contributed by atoms with Crippen molar-refractivity contribution < 1.29 is 4.79 Å². The van der Waals surface area contributed by atoms with Crippen molar-refractivity contribution >= 4 is 11.6 Å². The van der Waals surface area contributed by atoms with Gasteiger partial charge in [-0.15, -0.1) is 0 Å². The Hall–Kier alpha value is -2.11. The second kappa shape index (κ2) is 5.26. The van der Waals surface area contributed by atoms with Gasteiger partial charge in [-0.25, -0.2) is 4.98 Å². The zero-order valence-electron chi connectivity index (χ0n) is 11.8. The molecule has 0 aliphatic heterocycles. The number of hydrogen-bond acceptors (Lipinski definition) is 3. The monoisotopic (exact) mass is 261 g/mol. The number of aromatic nitrogens is 4. The Balaban J connectivity index is 2.24. The topological polar surface area (TPSA) is 64.7 Å². The molecule has 1 N–H and O–H groups in total. The van der Waals surface area contributed by atoms with Crippen LogP contribution < -0.4 is 5.32 Å². The molecule has 0 unspecified atom stereocenters. The summed E-state index contributed by atoms with van der Waals surface area (Å²) in [6.45, 7) is 6.82. The minimum absolute atomic E-state index is 0.165. The fourth-order valence-corrected chi connectivity index (χ4v) is 2.06. The quantitative estimate of drug-likeness (QED) is 0.914. The molecule has 0 aromatic carbocycles. The van der Waals surface area contributed by atoms with Crippen molar-refractivity contribution in [3.8, 4) is 0 Å². The number of hydrogen-bond donors (Lipinski definition) is 1. The molecule has 2 rings (SSSR count). The van der Waals surface area contributed by atoms with Crippen molar-refractivity contribution in [2.24, 2.45) is 7.05 Å². The van der Waals surface area contributed by atoms with E-state index in [1.54, 1.807) is 24.1 Å². The van der Waals surface area contributed by atoms with Gasteiger partial charge in [0, 0.05) is 13.6 Å². The summed E-state index contributed by atoms with van der Waals surface area (Å²) < 4.78 is 3.62. The molecule has 2 aromatic rings. The lowest BCUT2D eigenvalue weighted by molar-refractivity contribution is 0.101. The molecular weight excluding hydrogens is 242 g/mol. The summed E-state index contributed by atoms with van der Waals surface area (Å²) in [7, 11) is 1.79. The van der Waals surface area contributed by atoms with Gasteiger partial charge in [-0.1, -0.05) is 6.92 Å². The van der Waals surface area contributed by atoms with Crippen LogP contribution in [0.1, 0.15) is 35.2 Å². The molecule has 1 amide bonds. The van der Waals surface area contributed by atoms with E-state index in [2.05, 4.69) is 22.3 Å². The van der Waals surface area contributed by atoms with Gasteiger partial charge in [0.25, 0.3) is 5.91 Å². The van der Waals surface area contributed by atoms with Gasteiger partial charge in [0.2, 0.25) is 0 Å². The fraction of sp³-hybridized carbons (Fsp3) is 0.462. The highest BCUT2D eigenvalue weighted by molar-refractivity contribution is 6.03. The van der Waals surface area contributed by atoms with E-state index in [-0.39, 0.29) is 5.91 Å². The second-order valence-corrected chi connectivity index (χ2v) is 4.61. The third-order valence-electron chi connectivity index (χ3n) is 3.10. The van der Waals surface area contributed by atoms with E-state index in [0.717, 1.165) is 30.0 Å². The van der Waals surface area contributed by atoms with Crippen LogP contribution in [0.2, 0.25) is 0 Å². The van der Waals surface area contributed by atoms with Gasteiger partial charge in [0.1, 0.15) is 5.69 Å². The predicted octanol–water partition coefficient (Wildman–Crippen LogP) is 1.90. The van der Waals surface area contributed by atoms with Gasteiger partial charge in [-0.05, 0) is 20.3 Å². The molecule has 0 spiro atoms. The molecule has 6 heteroatoms. The zero-order valence-corrected chi connectivity index (χ0v) is 11.8. The van der Waals surface area contributed by atoms with Gasteiger partial charge < -0.3 is 9.88 Å². The van der Waals surface area contributed by atoms with Crippen LogP contribution in [-0.2, 0) is 13.6 Å². The van der Waals surface area contributed by atoms with E-state index in [1.165, 1.54) is 0 Å². The fourth-order valence-electron chi connectivity index (χ4n) is 2.06. The number of rotatable bonds is 4. The minimum atomic E-state index is -0.165. The number of nitrogens with one attached hydrogen (secondary N) is 1. The highest BCUT2D eigenvalue weighted by Crippen LogP contribution is 2.20. The van der Waals surface area contributed by atoms with Crippen LogP contribution in [0.15, 0.2) is 12.5 Å². The van der Waals surface area contributed by atoms with Crippen molar-refractivity contribution in [1.29, 1.82) is 0 Å². The molecule has 2 heterocycles. The molecule has 0 radical (unpaired) electrons. The first kappa shape index (κ1) is 13.3. The maximum Gasteiger partial charge on any atom is 0.274 e. The number of aryl methyl sites for hydroxylation is 3. The Kier molecular flexibility index (Phi) is 3.69. The van der Waals surface area contributed by atoms with Crippen molar-refractivity contribution in [1.82, 2.24) is 19.3 Å². The number of nitrogens with zero attached hydrogens (tertiary/aromatic N) is 4. The van der Waals surface area contributed by atoms with Gasteiger partial charge in [-0.3, -0.25) is 9.48 Å². The Bertz CT molecular complexity index is 596. The number of anilines is 1. The van der Waals surface area contributed by atoms with Crippen LogP contribution >= 0.6 is 0 Å². The van der Waals surface area contributed by atoms with Crippen molar-refractivity contribution in [3.05, 3.63) is 29.6 Å². The summed E-state index contributed by atoms with van der Waals surface area (Å²) in [6.07, 6.45) is 4.17. The summed E-state index contributed by atoms with van der Waals surface area (Å²) in [6, 6.07) is 0. The molecule has 0 aliphatic carbocycles. The third kappa shape index (κ3) is 2.52. The molecule has 0 saturated heterocycles. The molecule has 102 valence electrons. The van der Waals surface area contributed by atoms with E-state index >= 15 is 0 Å². The maximum atomic E-state index is 12.2. The molecule has 0 aliphatic rings. The van der Waals surface area contributed by atoms with E-state index in [4.69, 9.17) is 0 Å². The third-order valence-corrected chi connectivity index (χ3v) is 3.10. The van der Waals surface area contributed by atoms with Crippen molar-refractivity contribution in [2.45, 2.75) is 33.7 Å². The average Bonchev–Trinajstić information content (AvgIpc) is 2.89. The van der Waals surface area contributed by atoms with Crippen LogP contribution in [0.4, 0.5) is 5.69 Å². The average molecular weight is 261 g/mol. The van der Waals surface area contributed by atoms with E-state index in [1.807, 2.05) is 18.5 Å². The van der Waals surface area contributed by atoms with Crippen LogP contribution in [0.25, 0.3) is 0 Å². The summed E-state index contributed by atoms with van der Waals surface area (Å²) in [5, 5.41) is 7.35. The molecule has 0 fully saturated rings. The number of amides is 1. The van der Waals surface area contributed by atoms with E-state index in [9.17, 15) is 4.79 Å². The van der Waals surface area contributed by atoms with Crippen molar-refractivity contribution in [2.75, 3.05) is 5.32 Å². The Morgan fingerprint density at radius 2 is 2.16 bits per heavy atom. The number of imidazole rings is 1.